The average Bonchev–Trinajstić information content (AvgIpc) is 2.97. The van der Waals surface area contributed by atoms with Crippen molar-refractivity contribution >= 4 is 11.6 Å². The number of ether oxygens (including phenoxy) is 2. The highest BCUT2D eigenvalue weighted by Gasteiger charge is 2.12. The van der Waals surface area contributed by atoms with Crippen LogP contribution < -0.4 is 15.8 Å². The molecule has 0 fully saturated rings. The van der Waals surface area contributed by atoms with E-state index in [1.165, 1.54) is 0 Å². The molecular formula is C15H18N2O4. The number of anilines is 1. The Morgan fingerprint density at radius 1 is 1.29 bits per heavy atom. The van der Waals surface area contributed by atoms with Crippen molar-refractivity contribution in [3.8, 4) is 17.1 Å². The Morgan fingerprint density at radius 2 is 2.10 bits per heavy atom. The number of nitrogens with one attached hydrogen (secondary N) is 1. The lowest BCUT2D eigenvalue weighted by molar-refractivity contribution is 0.0910. The monoisotopic (exact) mass is 290 g/mol. The molecule has 0 saturated heterocycles. The second kappa shape index (κ2) is 6.81. The number of furan rings is 1. The van der Waals surface area contributed by atoms with Gasteiger partial charge in [-0.3, -0.25) is 4.79 Å². The van der Waals surface area contributed by atoms with Crippen LogP contribution in [-0.4, -0.2) is 33.3 Å². The van der Waals surface area contributed by atoms with Crippen LogP contribution in [0.5, 0.6) is 5.75 Å². The molecule has 1 aromatic heterocycles. The summed E-state index contributed by atoms with van der Waals surface area (Å²) in [5, 5.41) is 2.69. The van der Waals surface area contributed by atoms with Crippen molar-refractivity contribution in [3.63, 3.8) is 0 Å². The smallest absolute Gasteiger partial charge is 0.287 e. The highest BCUT2D eigenvalue weighted by Crippen LogP contribution is 2.29. The number of carbonyl (C=O) groups excluding carboxylic acids is 1. The van der Waals surface area contributed by atoms with Gasteiger partial charge in [-0.05, 0) is 30.3 Å². The maximum Gasteiger partial charge on any atom is 0.287 e. The van der Waals surface area contributed by atoms with Crippen LogP contribution in [0.2, 0.25) is 0 Å². The average molecular weight is 290 g/mol. The zero-order chi connectivity index (χ0) is 15.2. The summed E-state index contributed by atoms with van der Waals surface area (Å²) in [4.78, 5) is 11.8. The molecule has 1 heterocycles. The first kappa shape index (κ1) is 14.9. The molecule has 3 N–H and O–H groups in total. The number of nitrogen functional groups attached to an aromatic ring is 1. The summed E-state index contributed by atoms with van der Waals surface area (Å²) in [6.07, 6.45) is 0. The van der Waals surface area contributed by atoms with Crippen molar-refractivity contribution in [2.75, 3.05) is 33.1 Å². The van der Waals surface area contributed by atoms with E-state index in [0.717, 1.165) is 5.56 Å². The summed E-state index contributed by atoms with van der Waals surface area (Å²) in [5.74, 6) is 1.14. The minimum absolute atomic E-state index is 0.246. The molecule has 1 aromatic carbocycles. The van der Waals surface area contributed by atoms with Gasteiger partial charge in [0, 0.05) is 19.2 Å². The molecule has 6 nitrogen and oxygen atoms in total. The molecule has 21 heavy (non-hydrogen) atoms. The fourth-order valence-electron chi connectivity index (χ4n) is 1.86. The van der Waals surface area contributed by atoms with Crippen molar-refractivity contribution in [2.24, 2.45) is 0 Å². The number of amides is 1. The number of benzene rings is 1. The van der Waals surface area contributed by atoms with E-state index in [0.29, 0.717) is 30.3 Å². The summed E-state index contributed by atoms with van der Waals surface area (Å²) in [7, 11) is 3.13. The molecule has 0 bridgehead atoms. The van der Waals surface area contributed by atoms with E-state index >= 15 is 0 Å². The SMILES string of the molecule is COCCNC(=O)c1ccc(-c2ccc(OC)c(N)c2)o1. The Morgan fingerprint density at radius 3 is 2.76 bits per heavy atom. The van der Waals surface area contributed by atoms with Crippen molar-refractivity contribution in [2.45, 2.75) is 0 Å². The molecule has 0 aliphatic rings. The standard InChI is InChI=1S/C15H18N2O4/c1-19-8-7-17-15(18)14-6-5-12(21-14)10-3-4-13(20-2)11(16)9-10/h3-6,9H,7-8,16H2,1-2H3,(H,17,18). The summed E-state index contributed by atoms with van der Waals surface area (Å²) < 4.78 is 15.5. The number of hydrogen-bond acceptors (Lipinski definition) is 5. The Balaban J connectivity index is 2.12. The molecule has 0 aliphatic heterocycles. The first-order chi connectivity index (χ1) is 10.2. The molecule has 1 amide bonds. The minimum Gasteiger partial charge on any atom is -0.495 e. The predicted molar refractivity (Wildman–Crippen MR) is 79.3 cm³/mol. The van der Waals surface area contributed by atoms with Crippen molar-refractivity contribution < 1.29 is 18.7 Å². The van der Waals surface area contributed by atoms with E-state index in [-0.39, 0.29) is 11.7 Å². The van der Waals surface area contributed by atoms with Crippen molar-refractivity contribution in [1.82, 2.24) is 5.32 Å². The van der Waals surface area contributed by atoms with Crippen LogP contribution in [-0.2, 0) is 4.74 Å². The fraction of sp³-hybridized carbons (Fsp3) is 0.267. The first-order valence-electron chi connectivity index (χ1n) is 6.46. The van der Waals surface area contributed by atoms with Gasteiger partial charge in [0.15, 0.2) is 5.76 Å². The molecule has 2 rings (SSSR count). The Labute approximate surface area is 122 Å². The Bertz CT molecular complexity index is 622. The quantitative estimate of drug-likeness (QED) is 0.627. The summed E-state index contributed by atoms with van der Waals surface area (Å²) in [5.41, 5.74) is 7.15. The minimum atomic E-state index is -0.278. The topological polar surface area (TPSA) is 86.7 Å². The third kappa shape index (κ3) is 3.55. The van der Waals surface area contributed by atoms with Crippen LogP contribution >= 0.6 is 0 Å². The molecule has 0 atom stereocenters. The lowest BCUT2D eigenvalue weighted by Gasteiger charge is -2.05. The van der Waals surface area contributed by atoms with E-state index in [1.807, 2.05) is 6.07 Å². The molecule has 0 spiro atoms. The summed E-state index contributed by atoms with van der Waals surface area (Å²) in [6.45, 7) is 0.884. The number of rotatable bonds is 6. The van der Waals surface area contributed by atoms with Gasteiger partial charge in [0.25, 0.3) is 5.91 Å². The highest BCUT2D eigenvalue weighted by molar-refractivity contribution is 5.92. The number of carbonyl (C=O) groups is 1. The van der Waals surface area contributed by atoms with E-state index in [1.54, 1.807) is 38.5 Å². The van der Waals surface area contributed by atoms with Crippen molar-refractivity contribution in [3.05, 3.63) is 36.1 Å². The number of nitrogens with two attached hydrogens (primary N) is 1. The predicted octanol–water partition coefficient (Wildman–Crippen LogP) is 1.91. The molecular weight excluding hydrogens is 272 g/mol. The maximum atomic E-state index is 11.8. The molecule has 6 heteroatoms. The summed E-state index contributed by atoms with van der Waals surface area (Å²) >= 11 is 0. The third-order valence-corrected chi connectivity index (χ3v) is 2.94. The fourth-order valence-corrected chi connectivity index (χ4v) is 1.86. The lowest BCUT2D eigenvalue weighted by atomic mass is 10.1. The molecule has 0 saturated carbocycles. The molecule has 0 aliphatic carbocycles. The van der Waals surface area contributed by atoms with E-state index < -0.39 is 0 Å². The van der Waals surface area contributed by atoms with Crippen LogP contribution in [0, 0.1) is 0 Å². The van der Waals surface area contributed by atoms with Gasteiger partial charge in [0.1, 0.15) is 11.5 Å². The van der Waals surface area contributed by atoms with Crippen LogP contribution in [0.25, 0.3) is 11.3 Å². The van der Waals surface area contributed by atoms with Crippen LogP contribution in [0.1, 0.15) is 10.6 Å². The summed E-state index contributed by atoms with van der Waals surface area (Å²) in [6, 6.07) is 8.67. The van der Waals surface area contributed by atoms with Gasteiger partial charge in [-0.1, -0.05) is 0 Å². The van der Waals surface area contributed by atoms with Gasteiger partial charge in [-0.2, -0.15) is 0 Å². The zero-order valence-electron chi connectivity index (χ0n) is 12.0. The molecule has 0 radical (unpaired) electrons. The van der Waals surface area contributed by atoms with Crippen LogP contribution in [0.15, 0.2) is 34.7 Å². The number of hydrogen-bond donors (Lipinski definition) is 2. The highest BCUT2D eigenvalue weighted by atomic mass is 16.5. The van der Waals surface area contributed by atoms with Gasteiger partial charge in [-0.15, -0.1) is 0 Å². The molecule has 112 valence electrons. The van der Waals surface area contributed by atoms with E-state index in [4.69, 9.17) is 19.6 Å². The third-order valence-electron chi connectivity index (χ3n) is 2.94. The molecule has 0 unspecified atom stereocenters. The van der Waals surface area contributed by atoms with Gasteiger partial charge < -0.3 is 24.9 Å². The van der Waals surface area contributed by atoms with Gasteiger partial charge >= 0.3 is 0 Å². The van der Waals surface area contributed by atoms with E-state index in [9.17, 15) is 4.79 Å². The second-order valence-corrected chi connectivity index (χ2v) is 4.37. The Kier molecular flexibility index (Phi) is 4.84. The number of methoxy groups -OCH3 is 2. The van der Waals surface area contributed by atoms with Gasteiger partial charge in [0.2, 0.25) is 0 Å². The first-order valence-corrected chi connectivity index (χ1v) is 6.46. The van der Waals surface area contributed by atoms with Crippen LogP contribution in [0.4, 0.5) is 5.69 Å². The normalized spacial score (nSPS) is 10.4. The lowest BCUT2D eigenvalue weighted by Crippen LogP contribution is -2.26. The maximum absolute atomic E-state index is 11.8. The van der Waals surface area contributed by atoms with Crippen molar-refractivity contribution in [1.29, 1.82) is 0 Å². The van der Waals surface area contributed by atoms with Gasteiger partial charge in [0.05, 0.1) is 19.4 Å². The Hall–Kier alpha value is -2.47. The van der Waals surface area contributed by atoms with E-state index in [2.05, 4.69) is 5.32 Å². The largest absolute Gasteiger partial charge is 0.495 e. The van der Waals surface area contributed by atoms with Crippen LogP contribution in [0.3, 0.4) is 0 Å². The van der Waals surface area contributed by atoms with Gasteiger partial charge in [-0.25, -0.2) is 0 Å². The second-order valence-electron chi connectivity index (χ2n) is 4.37. The zero-order valence-corrected chi connectivity index (χ0v) is 12.0. The molecule has 2 aromatic rings.